The number of aryl methyl sites for hydroxylation is 1. The minimum atomic E-state index is 0.467. The van der Waals surface area contributed by atoms with E-state index in [4.69, 9.17) is 4.74 Å². The van der Waals surface area contributed by atoms with E-state index in [9.17, 15) is 0 Å². The quantitative estimate of drug-likeness (QED) is 0.718. The molecular formula is C18H22INO. The molecule has 0 spiro atoms. The van der Waals surface area contributed by atoms with Gasteiger partial charge >= 0.3 is 0 Å². The SMILES string of the molecule is Cc1cccc(CNC(C)C)c1OCc1ccc(I)cc1. The normalized spacial score (nSPS) is 10.9. The van der Waals surface area contributed by atoms with E-state index in [0.717, 1.165) is 12.3 Å². The van der Waals surface area contributed by atoms with Gasteiger partial charge in [0.15, 0.2) is 0 Å². The maximum absolute atomic E-state index is 6.08. The highest BCUT2D eigenvalue weighted by atomic mass is 127. The third-order valence-corrected chi connectivity index (χ3v) is 4.01. The van der Waals surface area contributed by atoms with Gasteiger partial charge in [-0.3, -0.25) is 0 Å². The molecule has 0 saturated heterocycles. The number of benzene rings is 2. The monoisotopic (exact) mass is 395 g/mol. The number of halogens is 1. The first-order valence-corrected chi connectivity index (χ1v) is 8.33. The maximum atomic E-state index is 6.08. The number of ether oxygens (including phenoxy) is 1. The highest BCUT2D eigenvalue weighted by Crippen LogP contribution is 2.24. The number of nitrogens with one attached hydrogen (secondary N) is 1. The van der Waals surface area contributed by atoms with Crippen molar-refractivity contribution in [2.75, 3.05) is 0 Å². The van der Waals surface area contributed by atoms with Gasteiger partial charge in [0.25, 0.3) is 0 Å². The van der Waals surface area contributed by atoms with Crippen LogP contribution in [0.25, 0.3) is 0 Å². The molecular weight excluding hydrogens is 373 g/mol. The molecule has 112 valence electrons. The molecule has 21 heavy (non-hydrogen) atoms. The summed E-state index contributed by atoms with van der Waals surface area (Å²) in [4.78, 5) is 0. The van der Waals surface area contributed by atoms with E-state index >= 15 is 0 Å². The van der Waals surface area contributed by atoms with E-state index < -0.39 is 0 Å². The van der Waals surface area contributed by atoms with Crippen LogP contribution in [-0.2, 0) is 13.2 Å². The Balaban J connectivity index is 2.09. The Kier molecular flexibility index (Phi) is 6.06. The van der Waals surface area contributed by atoms with Crippen molar-refractivity contribution in [3.8, 4) is 5.75 Å². The maximum Gasteiger partial charge on any atom is 0.127 e. The highest BCUT2D eigenvalue weighted by Gasteiger charge is 2.08. The molecule has 0 aliphatic carbocycles. The lowest BCUT2D eigenvalue weighted by molar-refractivity contribution is 0.299. The minimum absolute atomic E-state index is 0.467. The Hall–Kier alpha value is -1.07. The lowest BCUT2D eigenvalue weighted by Gasteiger charge is -2.16. The van der Waals surface area contributed by atoms with Crippen molar-refractivity contribution in [2.24, 2.45) is 0 Å². The fraction of sp³-hybridized carbons (Fsp3) is 0.333. The first-order chi connectivity index (χ1) is 10.1. The molecule has 0 unspecified atom stereocenters. The molecule has 0 heterocycles. The largest absolute Gasteiger partial charge is 0.488 e. The fourth-order valence-corrected chi connectivity index (χ4v) is 2.47. The number of rotatable bonds is 6. The van der Waals surface area contributed by atoms with Gasteiger partial charge in [-0.25, -0.2) is 0 Å². The van der Waals surface area contributed by atoms with Crippen LogP contribution in [-0.4, -0.2) is 6.04 Å². The van der Waals surface area contributed by atoms with Crippen LogP contribution in [0.2, 0.25) is 0 Å². The smallest absolute Gasteiger partial charge is 0.127 e. The minimum Gasteiger partial charge on any atom is -0.488 e. The fourth-order valence-electron chi connectivity index (χ4n) is 2.11. The molecule has 2 rings (SSSR count). The summed E-state index contributed by atoms with van der Waals surface area (Å²) in [5.74, 6) is 1.00. The molecule has 0 radical (unpaired) electrons. The Labute approximate surface area is 141 Å². The molecule has 0 bridgehead atoms. The van der Waals surface area contributed by atoms with Crippen LogP contribution in [0.1, 0.15) is 30.5 Å². The molecule has 0 aromatic heterocycles. The lowest BCUT2D eigenvalue weighted by Crippen LogP contribution is -2.22. The molecule has 0 saturated carbocycles. The van der Waals surface area contributed by atoms with Crippen LogP contribution in [0.15, 0.2) is 42.5 Å². The van der Waals surface area contributed by atoms with Gasteiger partial charge in [0.2, 0.25) is 0 Å². The predicted octanol–water partition coefficient (Wildman–Crippen LogP) is 4.68. The second-order valence-corrected chi connectivity index (χ2v) is 6.76. The number of hydrogen-bond acceptors (Lipinski definition) is 2. The van der Waals surface area contributed by atoms with Crippen LogP contribution in [0.5, 0.6) is 5.75 Å². The Morgan fingerprint density at radius 2 is 1.81 bits per heavy atom. The zero-order chi connectivity index (χ0) is 15.2. The summed E-state index contributed by atoms with van der Waals surface area (Å²) < 4.78 is 7.33. The van der Waals surface area contributed by atoms with Gasteiger partial charge in [-0.05, 0) is 52.8 Å². The van der Waals surface area contributed by atoms with E-state index in [1.54, 1.807) is 0 Å². The molecule has 3 heteroatoms. The van der Waals surface area contributed by atoms with Crippen LogP contribution < -0.4 is 10.1 Å². The molecule has 2 aromatic rings. The molecule has 2 aromatic carbocycles. The van der Waals surface area contributed by atoms with Crippen molar-refractivity contribution in [3.05, 3.63) is 62.7 Å². The zero-order valence-electron chi connectivity index (χ0n) is 12.8. The van der Waals surface area contributed by atoms with Gasteiger partial charge in [-0.2, -0.15) is 0 Å². The van der Waals surface area contributed by atoms with Gasteiger partial charge in [0.1, 0.15) is 12.4 Å². The van der Waals surface area contributed by atoms with Crippen molar-refractivity contribution < 1.29 is 4.74 Å². The molecule has 0 amide bonds. The van der Waals surface area contributed by atoms with E-state index in [1.807, 2.05) is 0 Å². The van der Waals surface area contributed by atoms with Crippen LogP contribution >= 0.6 is 22.6 Å². The second kappa shape index (κ2) is 7.80. The number of para-hydroxylation sites is 1. The topological polar surface area (TPSA) is 21.3 Å². The van der Waals surface area contributed by atoms with E-state index in [2.05, 4.69) is 91.1 Å². The van der Waals surface area contributed by atoms with Crippen LogP contribution in [0, 0.1) is 10.5 Å². The summed E-state index contributed by atoms with van der Waals surface area (Å²) in [5.41, 5.74) is 3.60. The van der Waals surface area contributed by atoms with Crippen molar-refractivity contribution in [2.45, 2.75) is 40.0 Å². The predicted molar refractivity (Wildman–Crippen MR) is 96.6 cm³/mol. The highest BCUT2D eigenvalue weighted by molar-refractivity contribution is 14.1. The second-order valence-electron chi connectivity index (χ2n) is 5.51. The van der Waals surface area contributed by atoms with Gasteiger partial charge in [-0.1, -0.05) is 44.2 Å². The summed E-state index contributed by atoms with van der Waals surface area (Å²) >= 11 is 2.32. The Bertz CT molecular complexity index is 578. The third-order valence-electron chi connectivity index (χ3n) is 3.29. The molecule has 1 N–H and O–H groups in total. The van der Waals surface area contributed by atoms with E-state index in [1.165, 1.54) is 20.3 Å². The van der Waals surface area contributed by atoms with Gasteiger partial charge in [0.05, 0.1) is 0 Å². The number of hydrogen-bond donors (Lipinski definition) is 1. The zero-order valence-corrected chi connectivity index (χ0v) is 15.0. The van der Waals surface area contributed by atoms with Gasteiger partial charge in [0, 0.05) is 21.7 Å². The molecule has 0 aliphatic heterocycles. The molecule has 0 atom stereocenters. The van der Waals surface area contributed by atoms with Crippen molar-refractivity contribution in [1.82, 2.24) is 5.32 Å². The van der Waals surface area contributed by atoms with Gasteiger partial charge in [-0.15, -0.1) is 0 Å². The first-order valence-electron chi connectivity index (χ1n) is 7.25. The first kappa shape index (κ1) is 16.3. The molecule has 0 fully saturated rings. The summed E-state index contributed by atoms with van der Waals surface area (Å²) in [6.45, 7) is 7.85. The summed E-state index contributed by atoms with van der Waals surface area (Å²) in [5, 5.41) is 3.45. The Morgan fingerprint density at radius 1 is 1.10 bits per heavy atom. The lowest BCUT2D eigenvalue weighted by atomic mass is 10.1. The van der Waals surface area contributed by atoms with E-state index in [0.29, 0.717) is 12.6 Å². The average molecular weight is 395 g/mol. The van der Waals surface area contributed by atoms with Crippen LogP contribution in [0.3, 0.4) is 0 Å². The van der Waals surface area contributed by atoms with Crippen molar-refractivity contribution in [3.63, 3.8) is 0 Å². The summed E-state index contributed by atoms with van der Waals surface area (Å²) in [6, 6.07) is 15.2. The Morgan fingerprint density at radius 3 is 2.48 bits per heavy atom. The summed E-state index contributed by atoms with van der Waals surface area (Å²) in [6.07, 6.45) is 0. The molecule has 0 aliphatic rings. The van der Waals surface area contributed by atoms with E-state index in [-0.39, 0.29) is 0 Å². The van der Waals surface area contributed by atoms with Crippen LogP contribution in [0.4, 0.5) is 0 Å². The standard InChI is InChI=1S/C18H22INO/c1-13(2)20-11-16-6-4-5-14(3)18(16)21-12-15-7-9-17(19)10-8-15/h4-10,13,20H,11-12H2,1-3H3. The van der Waals surface area contributed by atoms with Crippen molar-refractivity contribution in [1.29, 1.82) is 0 Å². The average Bonchev–Trinajstić information content (AvgIpc) is 2.46. The summed E-state index contributed by atoms with van der Waals surface area (Å²) in [7, 11) is 0. The molecule has 2 nitrogen and oxygen atoms in total. The van der Waals surface area contributed by atoms with Crippen molar-refractivity contribution >= 4 is 22.6 Å². The van der Waals surface area contributed by atoms with Gasteiger partial charge < -0.3 is 10.1 Å². The third kappa shape index (κ3) is 5.00.